The first-order valence-corrected chi connectivity index (χ1v) is 11.7. The first kappa shape index (κ1) is 25.6. The molecule has 3 rings (SSSR count). The Balaban J connectivity index is 1.52. The molecule has 1 aliphatic carbocycles. The van der Waals surface area contributed by atoms with Gasteiger partial charge in [0.15, 0.2) is 0 Å². The van der Waals surface area contributed by atoms with Crippen LogP contribution in [0.1, 0.15) is 36.0 Å². The van der Waals surface area contributed by atoms with E-state index < -0.39 is 0 Å². The van der Waals surface area contributed by atoms with Gasteiger partial charge < -0.3 is 21.3 Å². The van der Waals surface area contributed by atoms with Gasteiger partial charge in [-0.05, 0) is 73.8 Å². The number of rotatable bonds is 10. The third-order valence-corrected chi connectivity index (χ3v) is 5.54. The number of benzene rings is 1. The Morgan fingerprint density at radius 3 is 2.71 bits per heavy atom. The van der Waals surface area contributed by atoms with E-state index in [2.05, 4.69) is 37.3 Å². The molecule has 0 saturated carbocycles. The third-order valence-electron chi connectivity index (χ3n) is 5.54. The summed E-state index contributed by atoms with van der Waals surface area (Å²) in [5.41, 5.74) is 3.66. The molecule has 182 valence electrons. The second kappa shape index (κ2) is 13.6. The molecule has 2 amide bonds. The van der Waals surface area contributed by atoms with Gasteiger partial charge in [0.2, 0.25) is 11.8 Å². The van der Waals surface area contributed by atoms with Gasteiger partial charge in [-0.25, -0.2) is 9.97 Å². The molecule has 0 aliphatic heterocycles. The normalized spacial score (nSPS) is 13.7. The minimum atomic E-state index is -0.101. The van der Waals surface area contributed by atoms with Crippen molar-refractivity contribution in [3.05, 3.63) is 71.7 Å². The highest BCUT2D eigenvalue weighted by Crippen LogP contribution is 2.27. The number of fused-ring (bicyclic) bond motifs is 1. The maximum atomic E-state index is 12.3. The van der Waals surface area contributed by atoms with Crippen LogP contribution in [0.25, 0.3) is 0 Å². The van der Waals surface area contributed by atoms with E-state index in [0.29, 0.717) is 37.2 Å². The zero-order chi connectivity index (χ0) is 24.9. The van der Waals surface area contributed by atoms with Crippen molar-refractivity contribution in [2.75, 3.05) is 30.8 Å². The van der Waals surface area contributed by atoms with Crippen molar-refractivity contribution >= 4 is 23.3 Å². The Bertz CT molecular complexity index is 1130. The SMILES string of the molecule is CNCCNC(=O)CCCC(=O)Nc1ccc2c(c1)CC(Nc1ccc(C#N)cccncn1)C2. The summed E-state index contributed by atoms with van der Waals surface area (Å²) in [6.07, 6.45) is 5.80. The first-order chi connectivity index (χ1) is 17.1. The van der Waals surface area contributed by atoms with Crippen molar-refractivity contribution in [3.63, 3.8) is 0 Å². The molecule has 9 heteroatoms. The van der Waals surface area contributed by atoms with Gasteiger partial charge >= 0.3 is 0 Å². The van der Waals surface area contributed by atoms with Crippen LogP contribution in [0, 0.1) is 11.3 Å². The van der Waals surface area contributed by atoms with E-state index in [0.717, 1.165) is 25.1 Å². The van der Waals surface area contributed by atoms with Crippen LogP contribution >= 0.6 is 0 Å². The average molecular weight is 474 g/mol. The number of amides is 2. The first-order valence-electron chi connectivity index (χ1n) is 11.7. The predicted octanol–water partition coefficient (Wildman–Crippen LogP) is 2.50. The molecule has 1 unspecified atom stereocenters. The fourth-order valence-electron chi connectivity index (χ4n) is 3.81. The largest absolute Gasteiger partial charge is 0.367 e. The van der Waals surface area contributed by atoms with E-state index in [1.54, 1.807) is 30.5 Å². The standard InChI is InChI=1S/C26H31N7O2/c1-28-12-13-30-25(34)5-2-6-26(35)33-22-9-8-20-14-23(16-21(20)15-22)32-24-10-7-19(17-27)4-3-11-29-18-31-24/h3-4,7-11,15,18,23,28H,2,5-6,12-14,16H2,1H3,(H,30,34)(H,33,35)(H,29,31,32). The fourth-order valence-corrected chi connectivity index (χ4v) is 3.81. The minimum absolute atomic E-state index is 0.0401. The molecule has 1 atom stereocenters. The molecule has 9 nitrogen and oxygen atoms in total. The number of likely N-dealkylation sites (N-methyl/N-ethyl adjacent to an activating group) is 1. The lowest BCUT2D eigenvalue weighted by atomic mass is 10.1. The summed E-state index contributed by atoms with van der Waals surface area (Å²) in [6.45, 7) is 1.30. The number of carbonyl (C=O) groups excluding carboxylic acids is 2. The lowest BCUT2D eigenvalue weighted by Gasteiger charge is -2.11. The number of nitriles is 1. The van der Waals surface area contributed by atoms with E-state index in [-0.39, 0.29) is 17.9 Å². The number of hydrogen-bond acceptors (Lipinski definition) is 7. The maximum absolute atomic E-state index is 12.3. The number of aromatic nitrogens is 2. The Hall–Kier alpha value is -4.03. The summed E-state index contributed by atoms with van der Waals surface area (Å²) in [6, 6.07) is 15.1. The van der Waals surface area contributed by atoms with Gasteiger partial charge in [0.1, 0.15) is 12.1 Å². The molecular weight excluding hydrogens is 442 g/mol. The van der Waals surface area contributed by atoms with Gasteiger partial charge in [0.05, 0.1) is 11.6 Å². The summed E-state index contributed by atoms with van der Waals surface area (Å²) < 4.78 is 0. The van der Waals surface area contributed by atoms with Crippen molar-refractivity contribution in [2.24, 2.45) is 0 Å². The maximum Gasteiger partial charge on any atom is 0.224 e. The van der Waals surface area contributed by atoms with Crippen LogP contribution < -0.4 is 21.3 Å². The minimum Gasteiger partial charge on any atom is -0.367 e. The number of anilines is 2. The molecule has 4 N–H and O–H groups in total. The second-order valence-corrected chi connectivity index (χ2v) is 8.28. The van der Waals surface area contributed by atoms with Crippen molar-refractivity contribution in [1.82, 2.24) is 20.6 Å². The summed E-state index contributed by atoms with van der Waals surface area (Å²) in [7, 11) is 1.83. The van der Waals surface area contributed by atoms with Crippen LogP contribution in [0.15, 0.2) is 55.0 Å². The molecule has 0 bridgehead atoms. The Kier molecular flexibility index (Phi) is 9.96. The second-order valence-electron chi connectivity index (χ2n) is 8.28. The highest BCUT2D eigenvalue weighted by atomic mass is 16.2. The van der Waals surface area contributed by atoms with Crippen molar-refractivity contribution in [1.29, 1.82) is 5.26 Å². The molecule has 35 heavy (non-hydrogen) atoms. The molecule has 1 heterocycles. The summed E-state index contributed by atoms with van der Waals surface area (Å²) in [5.74, 6) is 0.490. The van der Waals surface area contributed by atoms with E-state index >= 15 is 0 Å². The summed E-state index contributed by atoms with van der Waals surface area (Å²) in [4.78, 5) is 32.5. The molecule has 0 fully saturated rings. The van der Waals surface area contributed by atoms with Crippen molar-refractivity contribution < 1.29 is 9.59 Å². The highest BCUT2D eigenvalue weighted by Gasteiger charge is 2.22. The van der Waals surface area contributed by atoms with Gasteiger partial charge in [-0.1, -0.05) is 6.07 Å². The molecule has 0 saturated heterocycles. The van der Waals surface area contributed by atoms with Crippen LogP contribution in [-0.2, 0) is 22.4 Å². The van der Waals surface area contributed by atoms with Crippen LogP contribution in [-0.4, -0.2) is 48.0 Å². The van der Waals surface area contributed by atoms with E-state index in [9.17, 15) is 14.9 Å². The number of carbonyl (C=O) groups is 2. The van der Waals surface area contributed by atoms with Crippen LogP contribution in [0.3, 0.4) is 0 Å². The fraction of sp³-hybridized carbons (Fsp3) is 0.346. The summed E-state index contributed by atoms with van der Waals surface area (Å²) >= 11 is 0. The predicted molar refractivity (Wildman–Crippen MR) is 135 cm³/mol. The Morgan fingerprint density at radius 2 is 1.89 bits per heavy atom. The summed E-state index contributed by atoms with van der Waals surface area (Å²) in [5, 5.41) is 21.3. The zero-order valence-electron chi connectivity index (χ0n) is 19.9. The van der Waals surface area contributed by atoms with Gasteiger partial charge in [0.25, 0.3) is 0 Å². The molecule has 0 spiro atoms. The topological polar surface area (TPSA) is 132 Å². The molecule has 1 aromatic carbocycles. The lowest BCUT2D eigenvalue weighted by molar-refractivity contribution is -0.121. The molecule has 2 aromatic rings. The number of nitrogens with one attached hydrogen (secondary N) is 4. The zero-order valence-corrected chi connectivity index (χ0v) is 19.9. The average Bonchev–Trinajstić information content (AvgIpc) is 3.24. The van der Waals surface area contributed by atoms with E-state index in [1.807, 2.05) is 25.2 Å². The quantitative estimate of drug-likeness (QED) is 0.390. The lowest BCUT2D eigenvalue weighted by Crippen LogP contribution is -2.30. The smallest absolute Gasteiger partial charge is 0.224 e. The Morgan fingerprint density at radius 1 is 1.06 bits per heavy atom. The van der Waals surface area contributed by atoms with Gasteiger partial charge in [-0.3, -0.25) is 9.59 Å². The van der Waals surface area contributed by atoms with Crippen LogP contribution in [0.4, 0.5) is 11.5 Å². The van der Waals surface area contributed by atoms with Crippen molar-refractivity contribution in [3.8, 4) is 6.07 Å². The van der Waals surface area contributed by atoms with Crippen molar-refractivity contribution in [2.45, 2.75) is 38.1 Å². The molecule has 0 radical (unpaired) electrons. The number of hydrogen-bond donors (Lipinski definition) is 4. The number of nitrogens with zero attached hydrogens (tertiary/aromatic N) is 3. The Labute approximate surface area is 205 Å². The van der Waals surface area contributed by atoms with Crippen LogP contribution in [0.2, 0.25) is 0 Å². The van der Waals surface area contributed by atoms with Gasteiger partial charge in [0, 0.05) is 43.9 Å². The third kappa shape index (κ3) is 8.68. The van der Waals surface area contributed by atoms with E-state index in [1.165, 1.54) is 17.5 Å². The molecule has 1 aromatic heterocycles. The molecular formula is C26H31N7O2. The van der Waals surface area contributed by atoms with Crippen LogP contribution in [0.5, 0.6) is 0 Å². The highest BCUT2D eigenvalue weighted by molar-refractivity contribution is 5.91. The molecule has 1 aliphatic rings. The van der Waals surface area contributed by atoms with Gasteiger partial charge in [-0.2, -0.15) is 5.26 Å². The van der Waals surface area contributed by atoms with E-state index in [4.69, 9.17) is 0 Å². The monoisotopic (exact) mass is 473 g/mol. The van der Waals surface area contributed by atoms with Gasteiger partial charge in [-0.15, -0.1) is 0 Å².